The van der Waals surface area contributed by atoms with Crippen molar-refractivity contribution >= 4 is 11.8 Å². The summed E-state index contributed by atoms with van der Waals surface area (Å²) in [5.41, 5.74) is 3.55. The number of nitrogens with one attached hydrogen (secondary N) is 2. The van der Waals surface area contributed by atoms with E-state index in [0.717, 1.165) is 36.5 Å². The fourth-order valence-corrected chi connectivity index (χ4v) is 5.39. The van der Waals surface area contributed by atoms with Gasteiger partial charge in [0.2, 0.25) is 11.8 Å². The molecule has 0 radical (unpaired) electrons. The summed E-state index contributed by atoms with van der Waals surface area (Å²) in [5, 5.41) is 17.3. The second kappa shape index (κ2) is 19.0. The molecule has 0 saturated heterocycles. The first-order chi connectivity index (χ1) is 21.7. The second-order valence-electron chi connectivity index (χ2n) is 11.5. The van der Waals surface area contributed by atoms with Crippen LogP contribution in [0.15, 0.2) is 72.8 Å². The number of carbonyl (C=O) groups is 2. The lowest BCUT2D eigenvalue weighted by Crippen LogP contribution is -2.52. The number of hydrogen-bond acceptors (Lipinski definition) is 5. The highest BCUT2D eigenvalue weighted by Crippen LogP contribution is 2.13. The molecule has 3 N–H and O–H groups in total. The molecular formula is C36H48F2N4O3. The van der Waals surface area contributed by atoms with Crippen LogP contribution in [0.3, 0.4) is 0 Å². The summed E-state index contributed by atoms with van der Waals surface area (Å²) in [7, 11) is 0. The number of nitrogens with zero attached hydrogens (tertiary/aromatic N) is 2. The Morgan fingerprint density at radius 1 is 0.800 bits per heavy atom. The number of aliphatic hydroxyl groups is 1. The van der Waals surface area contributed by atoms with Crippen molar-refractivity contribution in [2.75, 3.05) is 32.7 Å². The fraction of sp³-hybridized carbons (Fsp3) is 0.444. The molecule has 0 unspecified atom stereocenters. The van der Waals surface area contributed by atoms with E-state index in [2.05, 4.69) is 29.7 Å². The Morgan fingerprint density at radius 3 is 2.09 bits per heavy atom. The molecule has 2 atom stereocenters. The van der Waals surface area contributed by atoms with Gasteiger partial charge in [0.05, 0.1) is 25.2 Å². The van der Waals surface area contributed by atoms with Gasteiger partial charge in [-0.05, 0) is 60.1 Å². The monoisotopic (exact) mass is 622 g/mol. The van der Waals surface area contributed by atoms with Crippen molar-refractivity contribution < 1.29 is 23.5 Å². The number of carbonyl (C=O) groups excluding carboxylic acids is 2. The van der Waals surface area contributed by atoms with Crippen LogP contribution in [0.25, 0.3) is 0 Å². The minimum absolute atomic E-state index is 0.0208. The summed E-state index contributed by atoms with van der Waals surface area (Å²) in [5.74, 6) is -1.90. The van der Waals surface area contributed by atoms with E-state index in [0.29, 0.717) is 31.7 Å². The van der Waals surface area contributed by atoms with E-state index in [1.807, 2.05) is 61.2 Å². The van der Waals surface area contributed by atoms with E-state index in [1.54, 1.807) is 4.90 Å². The third kappa shape index (κ3) is 12.7. The normalized spacial score (nSPS) is 12.6. The lowest BCUT2D eigenvalue weighted by atomic mass is 10.0. The van der Waals surface area contributed by atoms with Crippen LogP contribution in [0.4, 0.5) is 8.78 Å². The molecule has 0 spiro atoms. The van der Waals surface area contributed by atoms with Crippen LogP contribution in [0, 0.1) is 11.6 Å². The number of benzene rings is 3. The largest absolute Gasteiger partial charge is 0.390 e. The zero-order chi connectivity index (χ0) is 32.6. The van der Waals surface area contributed by atoms with Crippen molar-refractivity contribution in [3.05, 3.63) is 107 Å². The Hall–Kier alpha value is -3.66. The standard InChI is InChI=1S/C36H48F2N4O3/c1-4-15-42(16-5-2)36(45)26-41(24-28-11-8-7-9-12-28)25-35(44)40-33(20-30-18-31(37)21-32(38)19-30)34(43)23-39-22-29-14-10-13-27(6-3)17-29/h7-14,17-19,21,33-34,39,43H,4-6,15-16,20,22-26H2,1-3H3,(H,40,44)/t33-,34+/m0/s1. The summed E-state index contributed by atoms with van der Waals surface area (Å²) in [6.07, 6.45) is 1.56. The van der Waals surface area contributed by atoms with E-state index >= 15 is 0 Å². The van der Waals surface area contributed by atoms with Crippen LogP contribution in [-0.4, -0.2) is 71.6 Å². The maximum absolute atomic E-state index is 14.0. The van der Waals surface area contributed by atoms with Crippen molar-refractivity contribution in [3.8, 4) is 0 Å². The van der Waals surface area contributed by atoms with Gasteiger partial charge < -0.3 is 20.6 Å². The zero-order valence-corrected chi connectivity index (χ0v) is 26.8. The molecule has 3 aromatic rings. The minimum atomic E-state index is -1.05. The molecule has 2 amide bonds. The van der Waals surface area contributed by atoms with Gasteiger partial charge in [-0.2, -0.15) is 0 Å². The molecule has 0 aliphatic rings. The highest BCUT2D eigenvalue weighted by atomic mass is 19.1. The molecule has 45 heavy (non-hydrogen) atoms. The number of halogens is 2. The Balaban J connectivity index is 1.74. The fourth-order valence-electron chi connectivity index (χ4n) is 5.39. The predicted molar refractivity (Wildman–Crippen MR) is 174 cm³/mol. The molecule has 0 saturated carbocycles. The summed E-state index contributed by atoms with van der Waals surface area (Å²) >= 11 is 0. The molecule has 0 aliphatic heterocycles. The average molecular weight is 623 g/mol. The van der Waals surface area contributed by atoms with E-state index in [4.69, 9.17) is 0 Å². The van der Waals surface area contributed by atoms with E-state index in [-0.39, 0.29) is 32.0 Å². The van der Waals surface area contributed by atoms with E-state index in [9.17, 15) is 23.5 Å². The smallest absolute Gasteiger partial charge is 0.236 e. The van der Waals surface area contributed by atoms with Crippen molar-refractivity contribution in [1.82, 2.24) is 20.4 Å². The Morgan fingerprint density at radius 2 is 1.44 bits per heavy atom. The molecule has 0 aliphatic carbocycles. The minimum Gasteiger partial charge on any atom is -0.390 e. The van der Waals surface area contributed by atoms with Crippen LogP contribution < -0.4 is 10.6 Å². The molecule has 0 heterocycles. The van der Waals surface area contributed by atoms with Gasteiger partial charge >= 0.3 is 0 Å². The van der Waals surface area contributed by atoms with E-state index < -0.39 is 29.7 Å². The topological polar surface area (TPSA) is 84.9 Å². The predicted octanol–water partition coefficient (Wildman–Crippen LogP) is 4.86. The summed E-state index contributed by atoms with van der Waals surface area (Å²) in [4.78, 5) is 30.4. The van der Waals surface area contributed by atoms with Crippen molar-refractivity contribution in [3.63, 3.8) is 0 Å². The highest BCUT2D eigenvalue weighted by Gasteiger charge is 2.25. The molecule has 7 nitrogen and oxygen atoms in total. The first-order valence-corrected chi connectivity index (χ1v) is 16.0. The molecule has 0 aromatic heterocycles. The first-order valence-electron chi connectivity index (χ1n) is 16.0. The van der Waals surface area contributed by atoms with Gasteiger partial charge in [0.15, 0.2) is 0 Å². The first kappa shape index (κ1) is 35.8. The van der Waals surface area contributed by atoms with Gasteiger partial charge in [-0.25, -0.2) is 8.78 Å². The zero-order valence-electron chi connectivity index (χ0n) is 26.8. The van der Waals surface area contributed by atoms with Gasteiger partial charge in [0, 0.05) is 38.8 Å². The maximum Gasteiger partial charge on any atom is 0.236 e. The van der Waals surface area contributed by atoms with Crippen LogP contribution in [-0.2, 0) is 35.5 Å². The molecule has 0 fully saturated rings. The third-order valence-corrected chi connectivity index (χ3v) is 7.59. The van der Waals surface area contributed by atoms with Gasteiger partial charge in [-0.3, -0.25) is 14.5 Å². The van der Waals surface area contributed by atoms with Gasteiger partial charge in [-0.15, -0.1) is 0 Å². The quantitative estimate of drug-likeness (QED) is 0.178. The molecule has 3 rings (SSSR count). The highest BCUT2D eigenvalue weighted by molar-refractivity contribution is 5.81. The SMILES string of the molecule is CCCN(CCC)C(=O)CN(CC(=O)N[C@@H](Cc1cc(F)cc(F)c1)[C@H](O)CNCc1cccc(CC)c1)Cc1ccccc1. The third-order valence-electron chi connectivity index (χ3n) is 7.59. The van der Waals surface area contributed by atoms with Crippen molar-refractivity contribution in [2.45, 2.75) is 71.7 Å². The lowest BCUT2D eigenvalue weighted by Gasteiger charge is -2.29. The summed E-state index contributed by atoms with van der Waals surface area (Å²) < 4.78 is 28.0. The molecule has 244 valence electrons. The van der Waals surface area contributed by atoms with Gasteiger partial charge in [0.25, 0.3) is 0 Å². The molecule has 9 heteroatoms. The summed E-state index contributed by atoms with van der Waals surface area (Å²) in [6.45, 7) is 8.44. The average Bonchev–Trinajstić information content (AvgIpc) is 3.00. The number of amides is 2. The second-order valence-corrected chi connectivity index (χ2v) is 11.5. The lowest BCUT2D eigenvalue weighted by molar-refractivity contribution is -0.133. The van der Waals surface area contributed by atoms with Gasteiger partial charge in [-0.1, -0.05) is 75.4 Å². The van der Waals surface area contributed by atoms with Crippen LogP contribution >= 0.6 is 0 Å². The maximum atomic E-state index is 14.0. The number of hydrogen-bond donors (Lipinski definition) is 3. The Labute approximate surface area is 266 Å². The van der Waals surface area contributed by atoms with Crippen molar-refractivity contribution in [2.24, 2.45) is 0 Å². The van der Waals surface area contributed by atoms with E-state index in [1.165, 1.54) is 17.7 Å². The summed E-state index contributed by atoms with van der Waals surface area (Å²) in [6, 6.07) is 20.1. The molecule has 3 aromatic carbocycles. The van der Waals surface area contributed by atoms with Crippen molar-refractivity contribution in [1.29, 1.82) is 0 Å². The number of rotatable bonds is 19. The Kier molecular flexibility index (Phi) is 15.1. The number of aryl methyl sites for hydroxylation is 1. The van der Waals surface area contributed by atoms with Gasteiger partial charge in [0.1, 0.15) is 11.6 Å². The molecular weight excluding hydrogens is 574 g/mol. The number of aliphatic hydroxyl groups excluding tert-OH is 1. The van der Waals surface area contributed by atoms with Crippen LogP contribution in [0.5, 0.6) is 0 Å². The van der Waals surface area contributed by atoms with Crippen LogP contribution in [0.2, 0.25) is 0 Å². The Bertz CT molecular complexity index is 1310. The molecule has 0 bridgehead atoms. The van der Waals surface area contributed by atoms with Crippen LogP contribution in [0.1, 0.15) is 55.9 Å².